The van der Waals surface area contributed by atoms with Crippen molar-refractivity contribution in [3.8, 4) is 0 Å². The lowest BCUT2D eigenvalue weighted by Crippen LogP contribution is -1.92. The molecule has 0 saturated carbocycles. The van der Waals surface area contributed by atoms with Crippen LogP contribution in [-0.4, -0.2) is 11.6 Å². The van der Waals surface area contributed by atoms with Gasteiger partial charge in [0, 0.05) is 11.1 Å². The van der Waals surface area contributed by atoms with Gasteiger partial charge in [0.2, 0.25) is 0 Å². The molecule has 0 radical (unpaired) electrons. The predicted molar refractivity (Wildman–Crippen MR) is 81.0 cm³/mol. The third-order valence-corrected chi connectivity index (χ3v) is 2.91. The van der Waals surface area contributed by atoms with E-state index in [0.717, 1.165) is 5.69 Å². The molecule has 0 heterocycles. The number of benzene rings is 2. The molecule has 0 unspecified atom stereocenters. The third kappa shape index (κ3) is 4.07. The van der Waals surface area contributed by atoms with Crippen LogP contribution in [0.25, 0.3) is 0 Å². The summed E-state index contributed by atoms with van der Waals surface area (Å²) in [4.78, 5) is 22.3. The highest BCUT2D eigenvalue weighted by atomic mass is 16.1. The second kappa shape index (κ2) is 6.56. The van der Waals surface area contributed by atoms with Gasteiger partial charge in [-0.2, -0.15) is 0 Å². The van der Waals surface area contributed by atoms with Gasteiger partial charge in [0.25, 0.3) is 0 Å². The Labute approximate surface area is 122 Å². The van der Waals surface area contributed by atoms with Crippen molar-refractivity contribution < 1.29 is 9.59 Å². The molecule has 0 saturated heterocycles. The summed E-state index contributed by atoms with van der Waals surface area (Å²) < 4.78 is 0. The van der Waals surface area contributed by atoms with Gasteiger partial charge in [0.1, 0.15) is 0 Å². The van der Waals surface area contributed by atoms with Gasteiger partial charge < -0.3 is 0 Å². The fourth-order valence-electron chi connectivity index (χ4n) is 1.68. The summed E-state index contributed by atoms with van der Waals surface area (Å²) in [6, 6.07) is 13.8. The molecule has 1 N–H and O–H groups in total. The van der Waals surface area contributed by atoms with E-state index in [-0.39, 0.29) is 11.6 Å². The first-order valence-corrected chi connectivity index (χ1v) is 6.45. The standard InChI is InChI=1S/C16H15N3O2/c1-11(20)13-3-7-15(8-4-13)17-19-18-16-9-5-14(6-10-16)12(2)21/h3-10H,1-2H3,(H,17,18). The second-order valence-electron chi connectivity index (χ2n) is 4.55. The van der Waals surface area contributed by atoms with Crippen LogP contribution in [0.4, 0.5) is 11.4 Å². The van der Waals surface area contributed by atoms with Crippen molar-refractivity contribution in [2.75, 3.05) is 5.43 Å². The first-order chi connectivity index (χ1) is 10.1. The molecule has 0 aliphatic carbocycles. The van der Waals surface area contributed by atoms with Crippen LogP contribution in [0.5, 0.6) is 0 Å². The van der Waals surface area contributed by atoms with E-state index in [1.165, 1.54) is 13.8 Å². The average molecular weight is 281 g/mol. The summed E-state index contributed by atoms with van der Waals surface area (Å²) in [6.45, 7) is 3.04. The van der Waals surface area contributed by atoms with E-state index in [2.05, 4.69) is 15.8 Å². The molecule has 0 atom stereocenters. The Kier molecular flexibility index (Phi) is 4.56. The van der Waals surface area contributed by atoms with Crippen LogP contribution in [0.15, 0.2) is 58.9 Å². The zero-order valence-corrected chi connectivity index (χ0v) is 11.8. The van der Waals surface area contributed by atoms with Crippen LogP contribution in [0.3, 0.4) is 0 Å². The highest BCUT2D eigenvalue weighted by Gasteiger charge is 1.99. The number of hydrogen-bond donors (Lipinski definition) is 1. The fourth-order valence-corrected chi connectivity index (χ4v) is 1.68. The zero-order valence-electron chi connectivity index (χ0n) is 11.8. The zero-order chi connectivity index (χ0) is 15.2. The molecule has 0 amide bonds. The highest BCUT2D eigenvalue weighted by Crippen LogP contribution is 2.15. The monoisotopic (exact) mass is 281 g/mol. The van der Waals surface area contributed by atoms with Gasteiger partial charge in [0.05, 0.1) is 11.4 Å². The topological polar surface area (TPSA) is 70.9 Å². The predicted octanol–water partition coefficient (Wildman–Crippen LogP) is 4.20. The molecule has 2 aromatic rings. The Morgan fingerprint density at radius 3 is 1.76 bits per heavy atom. The number of carbonyl (C=O) groups is 2. The van der Waals surface area contributed by atoms with Crippen LogP contribution >= 0.6 is 0 Å². The van der Waals surface area contributed by atoms with Crippen LogP contribution < -0.4 is 5.43 Å². The minimum Gasteiger partial charge on any atom is -0.295 e. The number of carbonyl (C=O) groups excluding carboxylic acids is 2. The number of nitrogens with one attached hydrogen (secondary N) is 1. The van der Waals surface area contributed by atoms with E-state index >= 15 is 0 Å². The Morgan fingerprint density at radius 2 is 1.29 bits per heavy atom. The van der Waals surface area contributed by atoms with Gasteiger partial charge in [-0.3, -0.25) is 15.0 Å². The first-order valence-electron chi connectivity index (χ1n) is 6.45. The lowest BCUT2D eigenvalue weighted by Gasteiger charge is -2.00. The number of rotatable bonds is 5. The number of nitrogens with zero attached hydrogens (tertiary/aromatic N) is 2. The minimum atomic E-state index is 0.0159. The Balaban J connectivity index is 1.98. The van der Waals surface area contributed by atoms with Crippen LogP contribution in [0, 0.1) is 0 Å². The smallest absolute Gasteiger partial charge is 0.159 e. The SMILES string of the molecule is CC(=O)c1ccc(N=NNc2ccc(C(C)=O)cc2)cc1. The molecular formula is C16H15N3O2. The van der Waals surface area contributed by atoms with Gasteiger partial charge in [-0.05, 0) is 62.4 Å². The summed E-state index contributed by atoms with van der Waals surface area (Å²) in [6.07, 6.45) is 0. The minimum absolute atomic E-state index is 0.0159. The van der Waals surface area contributed by atoms with E-state index in [4.69, 9.17) is 0 Å². The lowest BCUT2D eigenvalue weighted by molar-refractivity contribution is 0.100. The number of hydrogen-bond acceptors (Lipinski definition) is 4. The van der Waals surface area contributed by atoms with Gasteiger partial charge in [-0.1, -0.05) is 5.22 Å². The number of anilines is 1. The van der Waals surface area contributed by atoms with Crippen molar-refractivity contribution in [3.63, 3.8) is 0 Å². The molecule has 21 heavy (non-hydrogen) atoms. The molecule has 0 spiro atoms. The largest absolute Gasteiger partial charge is 0.295 e. The van der Waals surface area contributed by atoms with E-state index in [0.29, 0.717) is 16.8 Å². The van der Waals surface area contributed by atoms with Crippen LogP contribution in [0.2, 0.25) is 0 Å². The summed E-state index contributed by atoms with van der Waals surface area (Å²) in [7, 11) is 0. The quantitative estimate of drug-likeness (QED) is 0.507. The van der Waals surface area contributed by atoms with E-state index in [9.17, 15) is 9.59 Å². The Hall–Kier alpha value is -2.82. The van der Waals surface area contributed by atoms with E-state index < -0.39 is 0 Å². The Bertz CT molecular complexity index is 674. The number of Topliss-reactive ketones (excluding diaryl/α,β-unsaturated/α-hetero) is 2. The van der Waals surface area contributed by atoms with Gasteiger partial charge in [0.15, 0.2) is 11.6 Å². The average Bonchev–Trinajstić information content (AvgIpc) is 2.48. The summed E-state index contributed by atoms with van der Waals surface area (Å²) in [5, 5.41) is 7.86. The van der Waals surface area contributed by atoms with Crippen molar-refractivity contribution in [1.29, 1.82) is 0 Å². The molecule has 0 aliphatic heterocycles. The van der Waals surface area contributed by atoms with Gasteiger partial charge in [-0.15, -0.1) is 5.11 Å². The van der Waals surface area contributed by atoms with Gasteiger partial charge >= 0.3 is 0 Å². The molecule has 2 rings (SSSR count). The third-order valence-electron chi connectivity index (χ3n) is 2.91. The molecule has 106 valence electrons. The molecular weight excluding hydrogens is 266 g/mol. The van der Waals surface area contributed by atoms with Crippen molar-refractivity contribution in [2.45, 2.75) is 13.8 Å². The van der Waals surface area contributed by atoms with Crippen molar-refractivity contribution in [2.24, 2.45) is 10.3 Å². The second-order valence-corrected chi connectivity index (χ2v) is 4.55. The highest BCUT2D eigenvalue weighted by molar-refractivity contribution is 5.94. The normalized spacial score (nSPS) is 10.6. The number of ketones is 2. The maximum Gasteiger partial charge on any atom is 0.159 e. The van der Waals surface area contributed by atoms with Crippen molar-refractivity contribution in [3.05, 3.63) is 59.7 Å². The molecule has 0 bridgehead atoms. The molecule has 0 aromatic heterocycles. The molecule has 0 fully saturated rings. The summed E-state index contributed by atoms with van der Waals surface area (Å²) in [5.74, 6) is 0.0379. The molecule has 5 heteroatoms. The van der Waals surface area contributed by atoms with Crippen LogP contribution in [0.1, 0.15) is 34.6 Å². The van der Waals surface area contributed by atoms with E-state index in [1.807, 2.05) is 0 Å². The molecule has 0 aliphatic rings. The van der Waals surface area contributed by atoms with Crippen molar-refractivity contribution in [1.82, 2.24) is 0 Å². The fraction of sp³-hybridized carbons (Fsp3) is 0.125. The first kappa shape index (κ1) is 14.6. The molecule has 2 aromatic carbocycles. The Morgan fingerprint density at radius 1 is 0.810 bits per heavy atom. The van der Waals surface area contributed by atoms with E-state index in [1.54, 1.807) is 48.5 Å². The van der Waals surface area contributed by atoms with Crippen LogP contribution in [-0.2, 0) is 0 Å². The maximum atomic E-state index is 11.1. The summed E-state index contributed by atoms with van der Waals surface area (Å²) in [5.41, 5.74) is 5.45. The van der Waals surface area contributed by atoms with Gasteiger partial charge in [-0.25, -0.2) is 0 Å². The molecule has 5 nitrogen and oxygen atoms in total. The summed E-state index contributed by atoms with van der Waals surface area (Å²) >= 11 is 0. The van der Waals surface area contributed by atoms with Crippen molar-refractivity contribution >= 4 is 22.9 Å². The maximum absolute atomic E-state index is 11.1. The lowest BCUT2D eigenvalue weighted by atomic mass is 10.1.